The molecule has 0 unspecified atom stereocenters. The number of hydrogen-bond acceptors (Lipinski definition) is 2. The monoisotopic (exact) mass is 219 g/mol. The van der Waals surface area contributed by atoms with Gasteiger partial charge in [0.05, 0.1) is 6.61 Å². The molecule has 2 rings (SSSR count). The van der Waals surface area contributed by atoms with Crippen LogP contribution in [0.3, 0.4) is 0 Å². The minimum Gasteiger partial charge on any atom is -0.477 e. The Kier molecular flexibility index (Phi) is 3.81. The van der Waals surface area contributed by atoms with Gasteiger partial charge in [-0.1, -0.05) is 26.3 Å². The van der Waals surface area contributed by atoms with Crippen molar-refractivity contribution in [1.29, 1.82) is 0 Å². The van der Waals surface area contributed by atoms with Crippen LogP contribution in [-0.2, 0) is 6.42 Å². The van der Waals surface area contributed by atoms with E-state index in [1.54, 1.807) is 0 Å². The minimum absolute atomic E-state index is 0.648. The molecular weight excluding hydrogens is 198 g/mol. The predicted molar refractivity (Wildman–Crippen MR) is 65.6 cm³/mol. The molecule has 0 aromatic carbocycles. The highest BCUT2D eigenvalue weighted by atomic mass is 16.5. The van der Waals surface area contributed by atoms with Crippen molar-refractivity contribution in [1.82, 2.24) is 4.98 Å². The van der Waals surface area contributed by atoms with Crippen molar-refractivity contribution in [3.05, 3.63) is 23.9 Å². The number of nitrogens with zero attached hydrogens (tertiary/aromatic N) is 1. The van der Waals surface area contributed by atoms with Gasteiger partial charge in [-0.25, -0.2) is 4.98 Å². The van der Waals surface area contributed by atoms with E-state index in [0.717, 1.165) is 24.8 Å². The Morgan fingerprint density at radius 1 is 1.44 bits per heavy atom. The van der Waals surface area contributed by atoms with E-state index in [-0.39, 0.29) is 0 Å². The first-order chi connectivity index (χ1) is 7.75. The van der Waals surface area contributed by atoms with Crippen molar-refractivity contribution in [2.45, 2.75) is 39.5 Å². The molecule has 1 aliphatic carbocycles. The number of hydrogen-bond donors (Lipinski definition) is 0. The van der Waals surface area contributed by atoms with Crippen molar-refractivity contribution in [2.24, 2.45) is 11.8 Å². The molecule has 1 fully saturated rings. The molecule has 0 N–H and O–H groups in total. The molecule has 1 saturated carbocycles. The highest BCUT2D eigenvalue weighted by molar-refractivity contribution is 5.25. The van der Waals surface area contributed by atoms with Crippen LogP contribution in [0.4, 0.5) is 0 Å². The van der Waals surface area contributed by atoms with Gasteiger partial charge in [-0.3, -0.25) is 0 Å². The second-order valence-corrected chi connectivity index (χ2v) is 5.17. The van der Waals surface area contributed by atoms with Crippen molar-refractivity contribution < 1.29 is 4.74 Å². The third kappa shape index (κ3) is 2.97. The summed E-state index contributed by atoms with van der Waals surface area (Å²) < 4.78 is 5.83. The van der Waals surface area contributed by atoms with E-state index < -0.39 is 0 Å². The molecule has 0 amide bonds. The molecule has 1 aromatic heterocycles. The fourth-order valence-corrected chi connectivity index (χ4v) is 2.01. The third-order valence-electron chi connectivity index (χ3n) is 3.16. The van der Waals surface area contributed by atoms with Gasteiger partial charge >= 0.3 is 0 Å². The molecule has 16 heavy (non-hydrogen) atoms. The molecule has 0 saturated heterocycles. The topological polar surface area (TPSA) is 22.1 Å². The largest absolute Gasteiger partial charge is 0.477 e. The molecular formula is C14H21NO. The molecule has 2 heteroatoms. The lowest BCUT2D eigenvalue weighted by Gasteiger charge is -2.25. The standard InChI is InChI=1S/C14H21NO/c1-11(2)9-13-7-4-8-15-14(13)16-10-12-5-3-6-12/h4,7-8,11-12H,3,5-6,9-10H2,1-2H3. The van der Waals surface area contributed by atoms with Crippen LogP contribution in [0.15, 0.2) is 18.3 Å². The molecule has 88 valence electrons. The molecule has 1 aliphatic rings. The van der Waals surface area contributed by atoms with E-state index in [2.05, 4.69) is 24.9 Å². The summed E-state index contributed by atoms with van der Waals surface area (Å²) in [6.45, 7) is 5.30. The van der Waals surface area contributed by atoms with Crippen molar-refractivity contribution in [2.75, 3.05) is 6.61 Å². The van der Waals surface area contributed by atoms with Gasteiger partial charge in [-0.2, -0.15) is 0 Å². The summed E-state index contributed by atoms with van der Waals surface area (Å²) >= 11 is 0. The van der Waals surface area contributed by atoms with Gasteiger partial charge < -0.3 is 4.74 Å². The highest BCUT2D eigenvalue weighted by Gasteiger charge is 2.18. The Labute approximate surface area is 98.0 Å². The van der Waals surface area contributed by atoms with Crippen molar-refractivity contribution in [3.63, 3.8) is 0 Å². The predicted octanol–water partition coefficient (Wildman–Crippen LogP) is 3.46. The Balaban J connectivity index is 1.94. The molecule has 0 radical (unpaired) electrons. The van der Waals surface area contributed by atoms with E-state index in [4.69, 9.17) is 4.74 Å². The van der Waals surface area contributed by atoms with E-state index in [1.165, 1.54) is 24.8 Å². The van der Waals surface area contributed by atoms with Gasteiger partial charge in [0, 0.05) is 11.8 Å². The van der Waals surface area contributed by atoms with Crippen LogP contribution >= 0.6 is 0 Å². The van der Waals surface area contributed by atoms with Crippen molar-refractivity contribution >= 4 is 0 Å². The normalized spacial score (nSPS) is 16.2. The Bertz CT molecular complexity index is 331. The van der Waals surface area contributed by atoms with E-state index in [1.807, 2.05) is 12.3 Å². The van der Waals surface area contributed by atoms with Gasteiger partial charge in [0.25, 0.3) is 0 Å². The summed E-state index contributed by atoms with van der Waals surface area (Å²) in [7, 11) is 0. The lowest BCUT2D eigenvalue weighted by Crippen LogP contribution is -2.20. The summed E-state index contributed by atoms with van der Waals surface area (Å²) in [4.78, 5) is 4.34. The lowest BCUT2D eigenvalue weighted by molar-refractivity contribution is 0.174. The van der Waals surface area contributed by atoms with Gasteiger partial charge in [-0.05, 0) is 37.2 Å². The highest BCUT2D eigenvalue weighted by Crippen LogP contribution is 2.27. The number of pyridine rings is 1. The lowest BCUT2D eigenvalue weighted by atomic mass is 9.86. The summed E-state index contributed by atoms with van der Waals surface area (Å²) in [5.74, 6) is 2.27. The van der Waals surface area contributed by atoms with Crippen LogP contribution in [0, 0.1) is 11.8 Å². The molecule has 1 aromatic rings. The first-order valence-corrected chi connectivity index (χ1v) is 6.32. The van der Waals surface area contributed by atoms with E-state index in [9.17, 15) is 0 Å². The molecule has 0 spiro atoms. The first kappa shape index (κ1) is 11.4. The van der Waals surface area contributed by atoms with Crippen LogP contribution in [0.5, 0.6) is 5.88 Å². The number of aromatic nitrogens is 1. The minimum atomic E-state index is 0.648. The smallest absolute Gasteiger partial charge is 0.216 e. The van der Waals surface area contributed by atoms with Gasteiger partial charge in [0.2, 0.25) is 5.88 Å². The fourth-order valence-electron chi connectivity index (χ4n) is 2.01. The van der Waals surface area contributed by atoms with Crippen LogP contribution in [0.2, 0.25) is 0 Å². The maximum absolute atomic E-state index is 5.83. The van der Waals surface area contributed by atoms with E-state index in [0.29, 0.717) is 5.92 Å². The molecule has 0 atom stereocenters. The summed E-state index contributed by atoms with van der Waals surface area (Å²) in [5, 5.41) is 0. The second-order valence-electron chi connectivity index (χ2n) is 5.17. The average Bonchev–Trinajstić information content (AvgIpc) is 2.17. The zero-order valence-corrected chi connectivity index (χ0v) is 10.3. The van der Waals surface area contributed by atoms with Gasteiger partial charge in [0.1, 0.15) is 0 Å². The van der Waals surface area contributed by atoms with Crippen LogP contribution in [0.1, 0.15) is 38.7 Å². The molecule has 0 aliphatic heterocycles. The fraction of sp³-hybridized carbons (Fsp3) is 0.643. The Hall–Kier alpha value is -1.05. The van der Waals surface area contributed by atoms with Crippen LogP contribution in [-0.4, -0.2) is 11.6 Å². The summed E-state index contributed by atoms with van der Waals surface area (Å²) in [6, 6.07) is 4.12. The SMILES string of the molecule is CC(C)Cc1cccnc1OCC1CCC1. The van der Waals surface area contributed by atoms with Crippen LogP contribution < -0.4 is 4.74 Å². The molecule has 2 nitrogen and oxygen atoms in total. The molecule has 0 bridgehead atoms. The quantitative estimate of drug-likeness (QED) is 0.756. The van der Waals surface area contributed by atoms with Gasteiger partial charge in [-0.15, -0.1) is 0 Å². The van der Waals surface area contributed by atoms with E-state index >= 15 is 0 Å². The zero-order chi connectivity index (χ0) is 11.4. The third-order valence-corrected chi connectivity index (χ3v) is 3.16. The summed E-state index contributed by atoms with van der Waals surface area (Å²) in [5.41, 5.74) is 1.25. The number of rotatable bonds is 5. The Morgan fingerprint density at radius 2 is 2.25 bits per heavy atom. The average molecular weight is 219 g/mol. The maximum atomic E-state index is 5.83. The van der Waals surface area contributed by atoms with Gasteiger partial charge in [0.15, 0.2) is 0 Å². The number of ether oxygens (including phenoxy) is 1. The first-order valence-electron chi connectivity index (χ1n) is 6.32. The zero-order valence-electron chi connectivity index (χ0n) is 10.3. The van der Waals surface area contributed by atoms with Crippen molar-refractivity contribution in [3.8, 4) is 5.88 Å². The Morgan fingerprint density at radius 3 is 2.88 bits per heavy atom. The van der Waals surface area contributed by atoms with Crippen LogP contribution in [0.25, 0.3) is 0 Å². The summed E-state index contributed by atoms with van der Waals surface area (Å²) in [6.07, 6.45) is 6.89. The second kappa shape index (κ2) is 5.33. The maximum Gasteiger partial charge on any atom is 0.216 e. The molecule has 1 heterocycles.